The third-order valence-electron chi connectivity index (χ3n) is 6.03. The second-order valence-electron chi connectivity index (χ2n) is 8.20. The number of aromatic nitrogens is 1. The summed E-state index contributed by atoms with van der Waals surface area (Å²) in [5.41, 5.74) is 0.650. The fourth-order valence-electron chi connectivity index (χ4n) is 4.19. The molecule has 0 atom stereocenters. The van der Waals surface area contributed by atoms with Gasteiger partial charge in [-0.1, -0.05) is 23.2 Å². The van der Waals surface area contributed by atoms with Gasteiger partial charge in [-0.05, 0) is 62.4 Å². The lowest BCUT2D eigenvalue weighted by molar-refractivity contribution is -0.120. The van der Waals surface area contributed by atoms with Crippen LogP contribution >= 0.6 is 23.2 Å². The molecular weight excluding hydrogens is 471 g/mol. The third-order valence-corrected chi connectivity index (χ3v) is 8.65. The summed E-state index contributed by atoms with van der Waals surface area (Å²) in [6, 6.07) is 8.19. The molecule has 0 saturated carbocycles. The number of rotatable bonds is 5. The van der Waals surface area contributed by atoms with E-state index in [2.05, 4.69) is 15.2 Å². The predicted octanol–water partition coefficient (Wildman–Crippen LogP) is 4.42. The van der Waals surface area contributed by atoms with Crippen LogP contribution < -0.4 is 10.2 Å². The van der Waals surface area contributed by atoms with E-state index in [9.17, 15) is 13.2 Å². The molecule has 1 aromatic heterocycles. The number of halogens is 2. The number of piperidine rings is 2. The van der Waals surface area contributed by atoms with Crippen LogP contribution in [0, 0.1) is 5.92 Å². The molecule has 0 aliphatic carbocycles. The zero-order valence-corrected chi connectivity index (χ0v) is 20.0. The number of hydrogen-bond acceptors (Lipinski definition) is 5. The molecule has 0 radical (unpaired) electrons. The van der Waals surface area contributed by atoms with Crippen LogP contribution in [0.25, 0.3) is 0 Å². The lowest BCUT2D eigenvalue weighted by Crippen LogP contribution is -2.41. The highest BCUT2D eigenvalue weighted by atomic mass is 35.5. The van der Waals surface area contributed by atoms with Crippen LogP contribution in [0.1, 0.15) is 32.1 Å². The molecule has 32 heavy (non-hydrogen) atoms. The molecule has 2 aliphatic heterocycles. The number of carbonyl (C=O) groups is 1. The maximum absolute atomic E-state index is 13.0. The molecule has 3 heterocycles. The van der Waals surface area contributed by atoms with Crippen LogP contribution in [0.15, 0.2) is 41.4 Å². The number of carbonyl (C=O) groups excluding carboxylic acids is 1. The van der Waals surface area contributed by atoms with Gasteiger partial charge in [0.25, 0.3) is 0 Å². The number of nitrogens with one attached hydrogen (secondary N) is 1. The van der Waals surface area contributed by atoms with Crippen molar-refractivity contribution in [1.29, 1.82) is 0 Å². The number of nitrogens with zero attached hydrogens (tertiary/aromatic N) is 3. The Morgan fingerprint density at radius 2 is 1.72 bits per heavy atom. The van der Waals surface area contributed by atoms with E-state index < -0.39 is 10.0 Å². The van der Waals surface area contributed by atoms with Crippen molar-refractivity contribution in [3.8, 4) is 0 Å². The van der Waals surface area contributed by atoms with Crippen molar-refractivity contribution in [2.24, 2.45) is 5.92 Å². The molecule has 4 rings (SSSR count). The molecule has 2 aromatic rings. The Morgan fingerprint density at radius 1 is 1.00 bits per heavy atom. The molecule has 1 aromatic carbocycles. The number of hydrogen-bond donors (Lipinski definition) is 1. The first-order valence-corrected chi connectivity index (χ1v) is 13.0. The molecule has 1 amide bonds. The van der Waals surface area contributed by atoms with Crippen LogP contribution in [0.3, 0.4) is 0 Å². The molecule has 172 valence electrons. The highest BCUT2D eigenvalue weighted by Gasteiger charge is 2.33. The van der Waals surface area contributed by atoms with E-state index in [1.165, 1.54) is 35.7 Å². The minimum Gasteiger partial charge on any atom is -0.357 e. The number of sulfonamides is 1. The van der Waals surface area contributed by atoms with Crippen molar-refractivity contribution in [2.75, 3.05) is 36.4 Å². The van der Waals surface area contributed by atoms with Gasteiger partial charge in [0.1, 0.15) is 10.7 Å². The van der Waals surface area contributed by atoms with Gasteiger partial charge in [0.15, 0.2) is 0 Å². The summed E-state index contributed by atoms with van der Waals surface area (Å²) in [5.74, 6) is 0.550. The number of amides is 1. The van der Waals surface area contributed by atoms with Crippen LogP contribution in [0.5, 0.6) is 0 Å². The van der Waals surface area contributed by atoms with E-state index in [4.69, 9.17) is 23.2 Å². The molecule has 2 fully saturated rings. The fourth-order valence-corrected chi connectivity index (χ4v) is 6.39. The summed E-state index contributed by atoms with van der Waals surface area (Å²) in [6.45, 7) is 2.52. The first-order chi connectivity index (χ1) is 15.3. The molecule has 0 spiro atoms. The van der Waals surface area contributed by atoms with E-state index >= 15 is 0 Å². The summed E-state index contributed by atoms with van der Waals surface area (Å²) in [7, 11) is -3.77. The minimum atomic E-state index is -3.77. The van der Waals surface area contributed by atoms with Gasteiger partial charge >= 0.3 is 0 Å². The Bertz CT molecular complexity index is 1070. The van der Waals surface area contributed by atoms with Gasteiger partial charge < -0.3 is 10.2 Å². The largest absolute Gasteiger partial charge is 0.357 e. The SMILES string of the molecule is O=C(Nc1ccc(N2CCCCC2)nc1)C1CCN(S(=O)(=O)c2cc(Cl)ccc2Cl)CC1. The molecule has 2 saturated heterocycles. The first-order valence-electron chi connectivity index (χ1n) is 10.8. The van der Waals surface area contributed by atoms with Crippen molar-refractivity contribution in [2.45, 2.75) is 37.0 Å². The van der Waals surface area contributed by atoms with Crippen molar-refractivity contribution < 1.29 is 13.2 Å². The Morgan fingerprint density at radius 3 is 2.38 bits per heavy atom. The molecule has 0 bridgehead atoms. The Kier molecular flexibility index (Phi) is 7.24. The molecule has 7 nitrogen and oxygen atoms in total. The Hall–Kier alpha value is -1.87. The molecule has 2 aliphatic rings. The van der Waals surface area contributed by atoms with Gasteiger partial charge in [0.2, 0.25) is 15.9 Å². The number of benzene rings is 1. The maximum atomic E-state index is 13.0. The highest BCUT2D eigenvalue weighted by Crippen LogP contribution is 2.30. The Labute approximate surface area is 198 Å². The van der Waals surface area contributed by atoms with Gasteiger partial charge in [-0.15, -0.1) is 0 Å². The van der Waals surface area contributed by atoms with Crippen LogP contribution in [0.2, 0.25) is 10.0 Å². The Balaban J connectivity index is 1.34. The minimum absolute atomic E-state index is 0.00515. The summed E-state index contributed by atoms with van der Waals surface area (Å²) in [6.07, 6.45) is 6.17. The zero-order valence-electron chi connectivity index (χ0n) is 17.6. The molecule has 1 N–H and O–H groups in total. The highest BCUT2D eigenvalue weighted by molar-refractivity contribution is 7.89. The second-order valence-corrected chi connectivity index (χ2v) is 10.9. The summed E-state index contributed by atoms with van der Waals surface area (Å²) < 4.78 is 27.3. The summed E-state index contributed by atoms with van der Waals surface area (Å²) in [5, 5.41) is 3.36. The average molecular weight is 497 g/mol. The molecule has 10 heteroatoms. The normalized spacial score (nSPS) is 18.5. The third kappa shape index (κ3) is 5.20. The van der Waals surface area contributed by atoms with Gasteiger partial charge in [0.05, 0.1) is 16.9 Å². The smallest absolute Gasteiger partial charge is 0.244 e. The first kappa shape index (κ1) is 23.3. The quantitative estimate of drug-likeness (QED) is 0.662. The second kappa shape index (κ2) is 9.95. The van der Waals surface area contributed by atoms with Crippen molar-refractivity contribution in [3.63, 3.8) is 0 Å². The van der Waals surface area contributed by atoms with Gasteiger partial charge in [-0.2, -0.15) is 4.31 Å². The summed E-state index contributed by atoms with van der Waals surface area (Å²) in [4.78, 5) is 19.5. The van der Waals surface area contributed by atoms with Crippen molar-refractivity contribution in [1.82, 2.24) is 9.29 Å². The van der Waals surface area contributed by atoms with Crippen molar-refractivity contribution >= 4 is 50.6 Å². The molecule has 0 unspecified atom stereocenters. The molecular formula is C22H26Cl2N4O3S. The fraction of sp³-hybridized carbons (Fsp3) is 0.455. The summed E-state index contributed by atoms with van der Waals surface area (Å²) >= 11 is 12.0. The van der Waals surface area contributed by atoms with E-state index in [-0.39, 0.29) is 34.8 Å². The zero-order chi connectivity index (χ0) is 22.7. The average Bonchev–Trinajstić information content (AvgIpc) is 2.81. The van der Waals surface area contributed by atoms with Crippen LogP contribution in [0.4, 0.5) is 11.5 Å². The van der Waals surface area contributed by atoms with E-state index in [0.717, 1.165) is 18.9 Å². The van der Waals surface area contributed by atoms with Gasteiger partial charge in [-0.3, -0.25) is 4.79 Å². The van der Waals surface area contributed by atoms with Gasteiger partial charge in [0, 0.05) is 37.1 Å². The number of pyridine rings is 1. The predicted molar refractivity (Wildman–Crippen MR) is 127 cm³/mol. The topological polar surface area (TPSA) is 82.6 Å². The standard InChI is InChI=1S/C22H26Cl2N4O3S/c23-17-4-6-19(24)20(14-17)32(30,31)28-12-8-16(9-13-28)22(29)26-18-5-7-21(25-15-18)27-10-2-1-3-11-27/h4-7,14-16H,1-3,8-13H2,(H,26,29). The van der Waals surface area contributed by atoms with Gasteiger partial charge in [-0.25, -0.2) is 13.4 Å². The number of anilines is 2. The van der Waals surface area contributed by atoms with Crippen LogP contribution in [-0.2, 0) is 14.8 Å². The lowest BCUT2D eigenvalue weighted by atomic mass is 9.97. The van der Waals surface area contributed by atoms with Crippen LogP contribution in [-0.4, -0.2) is 49.8 Å². The van der Waals surface area contributed by atoms with E-state index in [1.807, 2.05) is 12.1 Å². The maximum Gasteiger partial charge on any atom is 0.244 e. The lowest BCUT2D eigenvalue weighted by Gasteiger charge is -2.31. The van der Waals surface area contributed by atoms with E-state index in [1.54, 1.807) is 12.3 Å². The van der Waals surface area contributed by atoms with E-state index in [0.29, 0.717) is 23.6 Å². The van der Waals surface area contributed by atoms with Crippen molar-refractivity contribution in [3.05, 3.63) is 46.6 Å². The monoisotopic (exact) mass is 496 g/mol.